The average molecular weight is 201 g/mol. The van der Waals surface area contributed by atoms with Crippen LogP contribution in [0.2, 0.25) is 0 Å². The predicted molar refractivity (Wildman–Crippen MR) is 65.4 cm³/mol. The summed E-state index contributed by atoms with van der Waals surface area (Å²) < 4.78 is 0. The van der Waals surface area contributed by atoms with E-state index in [9.17, 15) is 0 Å². The van der Waals surface area contributed by atoms with Gasteiger partial charge in [-0.1, -0.05) is 48.9 Å². The highest BCUT2D eigenvalue weighted by Crippen LogP contribution is 2.48. The van der Waals surface area contributed by atoms with Gasteiger partial charge in [-0.3, -0.25) is 0 Å². The molecule has 1 aromatic rings. The molecule has 80 valence electrons. The van der Waals surface area contributed by atoms with Crippen LogP contribution >= 0.6 is 0 Å². The van der Waals surface area contributed by atoms with Crippen molar-refractivity contribution in [3.63, 3.8) is 0 Å². The van der Waals surface area contributed by atoms with Crippen molar-refractivity contribution < 1.29 is 0 Å². The monoisotopic (exact) mass is 201 g/mol. The van der Waals surface area contributed by atoms with Gasteiger partial charge in [0, 0.05) is 5.54 Å². The van der Waals surface area contributed by atoms with Gasteiger partial charge >= 0.3 is 0 Å². The Kier molecular flexibility index (Phi) is 2.66. The van der Waals surface area contributed by atoms with Crippen LogP contribution in [0.1, 0.15) is 32.3 Å². The molecule has 2 atom stereocenters. The zero-order valence-electron chi connectivity index (χ0n) is 9.53. The molecule has 0 radical (unpaired) electrons. The minimum Gasteiger partial charge on any atom is -0.325 e. The van der Waals surface area contributed by atoms with Gasteiger partial charge in [0.15, 0.2) is 0 Å². The van der Waals surface area contributed by atoms with Gasteiger partial charge in [0.25, 0.3) is 0 Å². The first-order chi connectivity index (χ1) is 7.15. The van der Waals surface area contributed by atoms with Crippen LogP contribution < -0.4 is 5.73 Å². The molecule has 0 aliphatic heterocycles. The van der Waals surface area contributed by atoms with E-state index < -0.39 is 0 Å². The van der Waals surface area contributed by atoms with Gasteiger partial charge in [-0.2, -0.15) is 0 Å². The Morgan fingerprint density at radius 2 is 2.13 bits per heavy atom. The normalized spacial score (nSPS) is 30.3. The summed E-state index contributed by atoms with van der Waals surface area (Å²) in [6.45, 7) is 4.37. The van der Waals surface area contributed by atoms with Crippen molar-refractivity contribution in [1.82, 2.24) is 0 Å². The van der Waals surface area contributed by atoms with Gasteiger partial charge in [0.05, 0.1) is 0 Å². The van der Waals surface area contributed by atoms with Crippen molar-refractivity contribution in [3.8, 4) is 0 Å². The lowest BCUT2D eigenvalue weighted by atomic mass is 10.0. The summed E-state index contributed by atoms with van der Waals surface area (Å²) in [5.74, 6) is 0.600. The van der Waals surface area contributed by atoms with Crippen molar-refractivity contribution in [2.75, 3.05) is 0 Å². The van der Waals surface area contributed by atoms with E-state index >= 15 is 0 Å². The molecule has 1 aromatic carbocycles. The molecule has 1 saturated carbocycles. The fourth-order valence-corrected chi connectivity index (χ4v) is 2.24. The Morgan fingerprint density at radius 3 is 2.67 bits per heavy atom. The van der Waals surface area contributed by atoms with E-state index in [0.717, 1.165) is 12.8 Å². The molecule has 1 aliphatic carbocycles. The number of hydrogen-bond acceptors (Lipinski definition) is 1. The molecule has 1 fully saturated rings. The molecule has 0 saturated heterocycles. The first kappa shape index (κ1) is 10.4. The lowest BCUT2D eigenvalue weighted by Crippen LogP contribution is -2.23. The Morgan fingerprint density at radius 1 is 1.47 bits per heavy atom. The minimum absolute atomic E-state index is 0.0926. The van der Waals surface area contributed by atoms with Crippen LogP contribution in [-0.2, 0) is 0 Å². The third kappa shape index (κ3) is 2.13. The highest BCUT2D eigenvalue weighted by atomic mass is 14.9. The molecule has 0 spiro atoms. The van der Waals surface area contributed by atoms with Crippen LogP contribution in [0.25, 0.3) is 6.08 Å². The third-order valence-corrected chi connectivity index (χ3v) is 3.52. The van der Waals surface area contributed by atoms with Crippen LogP contribution in [0, 0.1) is 5.92 Å². The highest BCUT2D eigenvalue weighted by Gasteiger charge is 2.49. The summed E-state index contributed by atoms with van der Waals surface area (Å²) in [6, 6.07) is 10.5. The molecule has 0 aromatic heterocycles. The Labute approximate surface area is 92.0 Å². The van der Waals surface area contributed by atoms with E-state index in [4.69, 9.17) is 5.73 Å². The second-order valence-electron chi connectivity index (χ2n) is 4.64. The molecule has 1 heteroatoms. The number of hydrogen-bond donors (Lipinski definition) is 1. The van der Waals surface area contributed by atoms with Crippen LogP contribution in [-0.4, -0.2) is 5.54 Å². The van der Waals surface area contributed by atoms with Gasteiger partial charge in [-0.05, 0) is 31.2 Å². The molecule has 2 N–H and O–H groups in total. The number of rotatable bonds is 3. The first-order valence-corrected chi connectivity index (χ1v) is 5.68. The minimum atomic E-state index is 0.0926. The van der Waals surface area contributed by atoms with E-state index in [1.54, 1.807) is 0 Å². The molecule has 2 rings (SSSR count). The molecule has 15 heavy (non-hydrogen) atoms. The summed E-state index contributed by atoms with van der Waals surface area (Å²) in [5, 5.41) is 0. The molecule has 0 bridgehead atoms. The van der Waals surface area contributed by atoms with Crippen molar-refractivity contribution in [2.45, 2.75) is 32.2 Å². The van der Waals surface area contributed by atoms with Gasteiger partial charge in [0.2, 0.25) is 0 Å². The summed E-state index contributed by atoms with van der Waals surface area (Å²) in [7, 11) is 0. The standard InChI is InChI=1S/C14H19N/c1-3-14(15)10-13(14)11(2)9-12-7-5-4-6-8-12/h4-9,13H,3,10,15H2,1-2H3. The van der Waals surface area contributed by atoms with Crippen LogP contribution in [0.15, 0.2) is 35.9 Å². The summed E-state index contributed by atoms with van der Waals surface area (Å²) in [5.41, 5.74) is 9.00. The summed E-state index contributed by atoms with van der Waals surface area (Å²) in [4.78, 5) is 0. The van der Waals surface area contributed by atoms with Gasteiger partial charge in [-0.15, -0.1) is 0 Å². The first-order valence-electron chi connectivity index (χ1n) is 5.68. The summed E-state index contributed by atoms with van der Waals surface area (Å²) >= 11 is 0. The van der Waals surface area contributed by atoms with Crippen molar-refractivity contribution in [1.29, 1.82) is 0 Å². The van der Waals surface area contributed by atoms with Crippen molar-refractivity contribution in [3.05, 3.63) is 41.5 Å². The highest BCUT2D eigenvalue weighted by molar-refractivity contribution is 5.54. The maximum atomic E-state index is 6.20. The Hall–Kier alpha value is -1.08. The molecule has 1 aliphatic rings. The van der Waals surface area contributed by atoms with E-state index in [0.29, 0.717) is 5.92 Å². The molecular formula is C14H19N. The Bertz CT molecular complexity index is 366. The maximum Gasteiger partial charge on any atom is 0.0224 e. The largest absolute Gasteiger partial charge is 0.325 e. The third-order valence-electron chi connectivity index (χ3n) is 3.52. The van der Waals surface area contributed by atoms with Gasteiger partial charge in [0.1, 0.15) is 0 Å². The van der Waals surface area contributed by atoms with Gasteiger partial charge in [-0.25, -0.2) is 0 Å². The number of nitrogens with two attached hydrogens (primary N) is 1. The van der Waals surface area contributed by atoms with E-state index in [1.165, 1.54) is 11.1 Å². The fraction of sp³-hybridized carbons (Fsp3) is 0.429. The predicted octanol–water partition coefficient (Wildman–Crippen LogP) is 3.22. The number of benzene rings is 1. The zero-order chi connectivity index (χ0) is 10.9. The van der Waals surface area contributed by atoms with E-state index in [1.807, 2.05) is 6.07 Å². The quantitative estimate of drug-likeness (QED) is 0.798. The SMILES string of the molecule is CCC1(N)CC1C(C)=Cc1ccccc1. The van der Waals surface area contributed by atoms with Crippen LogP contribution in [0.5, 0.6) is 0 Å². The van der Waals surface area contributed by atoms with Crippen molar-refractivity contribution in [2.24, 2.45) is 11.7 Å². The zero-order valence-corrected chi connectivity index (χ0v) is 9.53. The van der Waals surface area contributed by atoms with Crippen LogP contribution in [0.3, 0.4) is 0 Å². The summed E-state index contributed by atoms with van der Waals surface area (Å²) in [6.07, 6.45) is 4.49. The average Bonchev–Trinajstić information content (AvgIpc) is 2.93. The lowest BCUT2D eigenvalue weighted by Gasteiger charge is -2.07. The van der Waals surface area contributed by atoms with Gasteiger partial charge < -0.3 is 5.73 Å². The molecule has 0 heterocycles. The second kappa shape index (κ2) is 3.82. The molecular weight excluding hydrogens is 182 g/mol. The lowest BCUT2D eigenvalue weighted by molar-refractivity contribution is 0.608. The smallest absolute Gasteiger partial charge is 0.0224 e. The van der Waals surface area contributed by atoms with Crippen molar-refractivity contribution >= 4 is 6.08 Å². The molecule has 0 amide bonds. The van der Waals surface area contributed by atoms with E-state index in [-0.39, 0.29) is 5.54 Å². The molecule has 2 unspecified atom stereocenters. The second-order valence-corrected chi connectivity index (χ2v) is 4.64. The Balaban J connectivity index is 2.10. The topological polar surface area (TPSA) is 26.0 Å². The van der Waals surface area contributed by atoms with Crippen LogP contribution in [0.4, 0.5) is 0 Å². The van der Waals surface area contributed by atoms with E-state index in [2.05, 4.69) is 44.2 Å². The maximum absolute atomic E-state index is 6.20. The fourth-order valence-electron chi connectivity index (χ4n) is 2.24. The molecule has 1 nitrogen and oxygen atoms in total.